The molecule has 0 saturated carbocycles. The fourth-order valence-electron chi connectivity index (χ4n) is 2.30. The fourth-order valence-corrected chi connectivity index (χ4v) is 2.30. The van der Waals surface area contributed by atoms with E-state index >= 15 is 0 Å². The van der Waals surface area contributed by atoms with Crippen molar-refractivity contribution in [3.63, 3.8) is 0 Å². The Hall–Kier alpha value is -3.48. The summed E-state index contributed by atoms with van der Waals surface area (Å²) in [5.74, 6) is -0.855. The fraction of sp³-hybridized carbons (Fsp3) is 0.0556. The zero-order valence-corrected chi connectivity index (χ0v) is 13.1. The molecule has 0 aliphatic carbocycles. The van der Waals surface area contributed by atoms with Crippen molar-refractivity contribution >= 4 is 34.2 Å². The van der Waals surface area contributed by atoms with Gasteiger partial charge in [-0.2, -0.15) is 0 Å². The van der Waals surface area contributed by atoms with Crippen LogP contribution in [0.4, 0.5) is 20.6 Å². The van der Waals surface area contributed by atoms with Crippen LogP contribution in [0.25, 0.3) is 10.9 Å². The number of anilines is 2. The molecule has 1 aromatic heterocycles. The van der Waals surface area contributed by atoms with Gasteiger partial charge in [-0.15, -0.1) is 0 Å². The average Bonchev–Trinajstić information content (AvgIpc) is 2.60. The van der Waals surface area contributed by atoms with Crippen LogP contribution in [-0.4, -0.2) is 23.5 Å². The van der Waals surface area contributed by atoms with Gasteiger partial charge in [0, 0.05) is 17.3 Å². The second kappa shape index (κ2) is 7.39. The molecule has 0 spiro atoms. The van der Waals surface area contributed by atoms with Crippen molar-refractivity contribution in [2.45, 2.75) is 0 Å². The summed E-state index contributed by atoms with van der Waals surface area (Å²) in [6.07, 6.45) is 1.64. The molecule has 7 heteroatoms. The molecule has 3 aromatic rings. The number of nitrogens with zero attached hydrogens (tertiary/aromatic N) is 1. The van der Waals surface area contributed by atoms with E-state index in [2.05, 4.69) is 20.9 Å². The molecule has 3 amide bonds. The lowest BCUT2D eigenvalue weighted by molar-refractivity contribution is -0.115. The highest BCUT2D eigenvalue weighted by atomic mass is 19.1. The molecule has 6 nitrogen and oxygen atoms in total. The van der Waals surface area contributed by atoms with E-state index in [9.17, 15) is 14.0 Å². The van der Waals surface area contributed by atoms with Crippen LogP contribution in [0.5, 0.6) is 0 Å². The third-order valence-corrected chi connectivity index (χ3v) is 3.40. The summed E-state index contributed by atoms with van der Waals surface area (Å²) >= 11 is 0. The van der Waals surface area contributed by atoms with Crippen molar-refractivity contribution in [1.29, 1.82) is 0 Å². The first-order valence-corrected chi connectivity index (χ1v) is 7.56. The maximum absolute atomic E-state index is 13.1. The van der Waals surface area contributed by atoms with E-state index in [-0.39, 0.29) is 6.54 Å². The highest BCUT2D eigenvalue weighted by Gasteiger charge is 2.09. The Labute approximate surface area is 143 Å². The quantitative estimate of drug-likeness (QED) is 0.683. The van der Waals surface area contributed by atoms with Crippen LogP contribution in [-0.2, 0) is 4.79 Å². The Morgan fingerprint density at radius 3 is 2.64 bits per heavy atom. The summed E-state index contributed by atoms with van der Waals surface area (Å²) in [6.45, 7) is -0.232. The Morgan fingerprint density at radius 1 is 1.00 bits per heavy atom. The van der Waals surface area contributed by atoms with E-state index in [1.807, 2.05) is 24.3 Å². The molecule has 3 rings (SSSR count). The first-order valence-electron chi connectivity index (χ1n) is 7.56. The van der Waals surface area contributed by atoms with Gasteiger partial charge in [-0.3, -0.25) is 9.78 Å². The summed E-state index contributed by atoms with van der Waals surface area (Å²) < 4.78 is 13.1. The SMILES string of the molecule is O=C(CNC(=O)Nc1cccc(F)c1)Nc1cccc2cccnc12. The van der Waals surface area contributed by atoms with Crippen LogP contribution < -0.4 is 16.0 Å². The van der Waals surface area contributed by atoms with Crippen LogP contribution in [0.3, 0.4) is 0 Å². The number of rotatable bonds is 4. The standard InChI is InChI=1S/C18H15FN4O2/c19-13-6-2-7-14(10-13)22-18(25)21-11-16(24)23-15-8-1-4-12-5-3-9-20-17(12)15/h1-10H,11H2,(H,23,24)(H2,21,22,25). The molecule has 1 heterocycles. The minimum atomic E-state index is -0.600. The van der Waals surface area contributed by atoms with E-state index in [0.29, 0.717) is 16.9 Å². The summed E-state index contributed by atoms with van der Waals surface area (Å²) in [4.78, 5) is 28.0. The average molecular weight is 338 g/mol. The Morgan fingerprint density at radius 2 is 1.80 bits per heavy atom. The first kappa shape index (κ1) is 16.4. The molecule has 2 aromatic carbocycles. The minimum Gasteiger partial charge on any atom is -0.329 e. The summed E-state index contributed by atoms with van der Waals surface area (Å²) in [5.41, 5.74) is 1.54. The predicted octanol–water partition coefficient (Wildman–Crippen LogP) is 3.13. The van der Waals surface area contributed by atoms with Crippen molar-refractivity contribution in [2.24, 2.45) is 0 Å². The molecular formula is C18H15FN4O2. The van der Waals surface area contributed by atoms with Crippen LogP contribution in [0.1, 0.15) is 0 Å². The number of halogens is 1. The van der Waals surface area contributed by atoms with Gasteiger partial charge in [-0.1, -0.05) is 24.3 Å². The maximum Gasteiger partial charge on any atom is 0.319 e. The van der Waals surface area contributed by atoms with Crippen LogP contribution in [0.2, 0.25) is 0 Å². The van der Waals surface area contributed by atoms with Gasteiger partial charge in [0.05, 0.1) is 17.7 Å². The molecule has 0 bridgehead atoms. The normalized spacial score (nSPS) is 10.3. The van der Waals surface area contributed by atoms with Crippen molar-refractivity contribution in [3.8, 4) is 0 Å². The smallest absolute Gasteiger partial charge is 0.319 e. The number of urea groups is 1. The van der Waals surface area contributed by atoms with E-state index in [0.717, 1.165) is 5.39 Å². The number of para-hydroxylation sites is 1. The third kappa shape index (κ3) is 4.29. The minimum absolute atomic E-state index is 0.232. The molecular weight excluding hydrogens is 323 g/mol. The number of carbonyl (C=O) groups excluding carboxylic acids is 2. The van der Waals surface area contributed by atoms with Gasteiger partial charge in [0.15, 0.2) is 0 Å². The number of aromatic nitrogens is 1. The van der Waals surface area contributed by atoms with E-state index in [1.165, 1.54) is 18.2 Å². The number of benzene rings is 2. The molecule has 126 valence electrons. The van der Waals surface area contributed by atoms with Gasteiger partial charge in [0.1, 0.15) is 5.82 Å². The van der Waals surface area contributed by atoms with Gasteiger partial charge in [0.2, 0.25) is 5.91 Å². The van der Waals surface area contributed by atoms with Gasteiger partial charge in [0.25, 0.3) is 0 Å². The van der Waals surface area contributed by atoms with E-state index in [1.54, 1.807) is 18.3 Å². The highest BCUT2D eigenvalue weighted by Crippen LogP contribution is 2.20. The molecule has 3 N–H and O–H groups in total. The van der Waals surface area contributed by atoms with Gasteiger partial charge >= 0.3 is 6.03 Å². The number of hydrogen-bond donors (Lipinski definition) is 3. The third-order valence-electron chi connectivity index (χ3n) is 3.40. The largest absolute Gasteiger partial charge is 0.329 e. The maximum atomic E-state index is 13.1. The van der Waals surface area contributed by atoms with Crippen LogP contribution in [0.15, 0.2) is 60.8 Å². The van der Waals surface area contributed by atoms with Crippen LogP contribution in [0, 0.1) is 5.82 Å². The Bertz CT molecular complexity index is 924. The molecule has 0 saturated heterocycles. The molecule has 25 heavy (non-hydrogen) atoms. The topological polar surface area (TPSA) is 83.1 Å². The highest BCUT2D eigenvalue weighted by molar-refractivity contribution is 6.02. The zero-order chi connectivity index (χ0) is 17.6. The second-order valence-electron chi connectivity index (χ2n) is 5.25. The number of pyridine rings is 1. The predicted molar refractivity (Wildman–Crippen MR) is 93.8 cm³/mol. The summed E-state index contributed by atoms with van der Waals surface area (Å²) in [7, 11) is 0. The van der Waals surface area contributed by atoms with Gasteiger partial charge in [-0.25, -0.2) is 9.18 Å². The van der Waals surface area contributed by atoms with Crippen LogP contribution >= 0.6 is 0 Å². The number of nitrogens with one attached hydrogen (secondary N) is 3. The molecule has 0 aliphatic heterocycles. The summed E-state index contributed by atoms with van der Waals surface area (Å²) in [5, 5.41) is 8.47. The second-order valence-corrected chi connectivity index (χ2v) is 5.25. The number of hydrogen-bond acceptors (Lipinski definition) is 3. The van der Waals surface area contributed by atoms with Crippen molar-refractivity contribution in [2.75, 3.05) is 17.2 Å². The van der Waals surface area contributed by atoms with Gasteiger partial charge < -0.3 is 16.0 Å². The van der Waals surface area contributed by atoms with E-state index in [4.69, 9.17) is 0 Å². The number of fused-ring (bicyclic) bond motifs is 1. The van der Waals surface area contributed by atoms with Crippen molar-refractivity contribution < 1.29 is 14.0 Å². The lowest BCUT2D eigenvalue weighted by Gasteiger charge is -2.10. The number of carbonyl (C=O) groups is 2. The summed E-state index contributed by atoms with van der Waals surface area (Å²) in [6, 6.07) is 14.0. The molecule has 0 fully saturated rings. The number of amides is 3. The first-order chi connectivity index (χ1) is 12.1. The van der Waals surface area contributed by atoms with Crippen molar-refractivity contribution in [1.82, 2.24) is 10.3 Å². The molecule has 0 atom stereocenters. The monoisotopic (exact) mass is 338 g/mol. The lowest BCUT2D eigenvalue weighted by atomic mass is 10.2. The molecule has 0 radical (unpaired) electrons. The molecule has 0 unspecified atom stereocenters. The van der Waals surface area contributed by atoms with E-state index < -0.39 is 17.8 Å². The zero-order valence-electron chi connectivity index (χ0n) is 13.1. The lowest BCUT2D eigenvalue weighted by Crippen LogP contribution is -2.35. The van der Waals surface area contributed by atoms with Gasteiger partial charge in [-0.05, 0) is 30.3 Å². The Kier molecular flexibility index (Phi) is 4.84. The Balaban J connectivity index is 1.56. The molecule has 0 aliphatic rings. The van der Waals surface area contributed by atoms with Crippen molar-refractivity contribution in [3.05, 3.63) is 66.6 Å².